The fourth-order valence-corrected chi connectivity index (χ4v) is 3.23. The summed E-state index contributed by atoms with van der Waals surface area (Å²) in [5, 5.41) is 0.428. The summed E-state index contributed by atoms with van der Waals surface area (Å²) in [7, 11) is -3.30. The van der Waals surface area contributed by atoms with Crippen molar-refractivity contribution in [3.05, 3.63) is 29.6 Å². The van der Waals surface area contributed by atoms with Gasteiger partial charge in [-0.1, -0.05) is 0 Å². The van der Waals surface area contributed by atoms with Crippen LogP contribution < -0.4 is 5.30 Å². The van der Waals surface area contributed by atoms with Gasteiger partial charge in [-0.25, -0.2) is 4.39 Å². The topological polar surface area (TPSA) is 35.5 Å². The molecular weight excluding hydrogens is 230 g/mol. The summed E-state index contributed by atoms with van der Waals surface area (Å²) in [5.41, 5.74) is 0.574. The Morgan fingerprint density at radius 2 is 1.81 bits per heavy atom. The Labute approximate surface area is 95.1 Å². The highest BCUT2D eigenvalue weighted by molar-refractivity contribution is 7.62. The molecule has 0 saturated heterocycles. The van der Waals surface area contributed by atoms with Gasteiger partial charge in [-0.15, -0.1) is 0 Å². The highest BCUT2D eigenvalue weighted by Gasteiger charge is 2.28. The van der Waals surface area contributed by atoms with Crippen LogP contribution in [0.4, 0.5) is 4.39 Å². The highest BCUT2D eigenvalue weighted by atomic mass is 31.2. The van der Waals surface area contributed by atoms with Crippen LogP contribution in [-0.4, -0.2) is 13.2 Å². The van der Waals surface area contributed by atoms with E-state index in [2.05, 4.69) is 0 Å². The molecule has 0 aliphatic heterocycles. The molecule has 0 spiro atoms. The van der Waals surface area contributed by atoms with Gasteiger partial charge >= 0.3 is 7.60 Å². The van der Waals surface area contributed by atoms with Gasteiger partial charge in [0.2, 0.25) is 0 Å². The van der Waals surface area contributed by atoms with E-state index in [9.17, 15) is 8.96 Å². The molecule has 0 amide bonds. The van der Waals surface area contributed by atoms with Crippen LogP contribution in [0.25, 0.3) is 0 Å². The van der Waals surface area contributed by atoms with Gasteiger partial charge in [-0.05, 0) is 44.5 Å². The van der Waals surface area contributed by atoms with E-state index in [4.69, 9.17) is 9.05 Å². The number of rotatable bonds is 5. The molecule has 0 atom stereocenters. The molecule has 0 unspecified atom stereocenters. The lowest BCUT2D eigenvalue weighted by Crippen LogP contribution is -2.14. The van der Waals surface area contributed by atoms with Gasteiger partial charge in [-0.3, -0.25) is 4.57 Å². The summed E-state index contributed by atoms with van der Waals surface area (Å²) in [6.07, 6.45) is 0. The Morgan fingerprint density at radius 1 is 1.25 bits per heavy atom. The third-order valence-electron chi connectivity index (χ3n) is 2.05. The monoisotopic (exact) mass is 246 g/mol. The molecule has 0 aliphatic carbocycles. The van der Waals surface area contributed by atoms with E-state index in [1.807, 2.05) is 0 Å². The first-order valence-corrected chi connectivity index (χ1v) is 6.73. The Morgan fingerprint density at radius 3 is 2.25 bits per heavy atom. The molecule has 1 aromatic rings. The number of hydrogen-bond donors (Lipinski definition) is 0. The van der Waals surface area contributed by atoms with Gasteiger partial charge in [0.25, 0.3) is 0 Å². The molecule has 0 N–H and O–H groups in total. The highest BCUT2D eigenvalue weighted by Crippen LogP contribution is 2.47. The molecule has 0 saturated carbocycles. The zero-order valence-corrected chi connectivity index (χ0v) is 10.6. The number of aryl methyl sites for hydroxylation is 1. The lowest BCUT2D eigenvalue weighted by molar-refractivity contribution is 0.230. The van der Waals surface area contributed by atoms with Crippen LogP contribution in [-0.2, 0) is 13.6 Å². The maximum Gasteiger partial charge on any atom is 0.361 e. The Kier molecular flexibility index (Phi) is 4.66. The number of benzene rings is 1. The Hall–Kier alpha value is -0.700. The van der Waals surface area contributed by atoms with Crippen molar-refractivity contribution in [2.45, 2.75) is 20.8 Å². The van der Waals surface area contributed by atoms with Crippen LogP contribution in [0.2, 0.25) is 0 Å². The van der Waals surface area contributed by atoms with Crippen molar-refractivity contribution in [3.8, 4) is 0 Å². The smallest absolute Gasteiger partial charge is 0.305 e. The largest absolute Gasteiger partial charge is 0.361 e. The van der Waals surface area contributed by atoms with E-state index in [0.717, 1.165) is 0 Å². The fraction of sp³-hybridized carbons (Fsp3) is 0.455. The third kappa shape index (κ3) is 2.91. The van der Waals surface area contributed by atoms with E-state index < -0.39 is 7.60 Å². The minimum atomic E-state index is -3.30. The van der Waals surface area contributed by atoms with E-state index in [1.165, 1.54) is 18.2 Å². The quantitative estimate of drug-likeness (QED) is 0.749. The molecule has 3 nitrogen and oxygen atoms in total. The minimum Gasteiger partial charge on any atom is -0.305 e. The van der Waals surface area contributed by atoms with Gasteiger partial charge in [0, 0.05) is 0 Å². The normalized spacial score (nSPS) is 11.8. The molecule has 0 aromatic heterocycles. The molecule has 0 heterocycles. The second kappa shape index (κ2) is 5.58. The molecule has 1 aromatic carbocycles. The van der Waals surface area contributed by atoms with E-state index >= 15 is 0 Å². The van der Waals surface area contributed by atoms with Crippen LogP contribution in [0.1, 0.15) is 19.4 Å². The summed E-state index contributed by atoms with van der Waals surface area (Å²) in [4.78, 5) is 0. The summed E-state index contributed by atoms with van der Waals surface area (Å²) in [6.45, 7) is 5.74. The summed E-state index contributed by atoms with van der Waals surface area (Å²) in [5.74, 6) is -0.360. The summed E-state index contributed by atoms with van der Waals surface area (Å²) < 4.78 is 35.7. The Bertz CT molecular complexity index is 396. The van der Waals surface area contributed by atoms with E-state index in [-0.39, 0.29) is 19.0 Å². The SMILES string of the molecule is CCOP(=O)(OCC)c1ccc(F)cc1C. The molecule has 90 valence electrons. The van der Waals surface area contributed by atoms with Crippen LogP contribution in [0, 0.1) is 12.7 Å². The first-order chi connectivity index (χ1) is 7.53. The lowest BCUT2D eigenvalue weighted by Gasteiger charge is -2.18. The van der Waals surface area contributed by atoms with Crippen LogP contribution >= 0.6 is 7.60 Å². The number of hydrogen-bond acceptors (Lipinski definition) is 3. The lowest BCUT2D eigenvalue weighted by atomic mass is 10.2. The second-order valence-electron chi connectivity index (χ2n) is 3.26. The molecule has 0 radical (unpaired) electrons. The molecule has 16 heavy (non-hydrogen) atoms. The molecule has 0 aliphatic rings. The predicted octanol–water partition coefficient (Wildman–Crippen LogP) is 3.03. The average molecular weight is 246 g/mol. The zero-order chi connectivity index (χ0) is 12.2. The molecular formula is C11H16FO3P. The summed E-state index contributed by atoms with van der Waals surface area (Å²) in [6, 6.07) is 4.03. The summed E-state index contributed by atoms with van der Waals surface area (Å²) >= 11 is 0. The molecule has 0 fully saturated rings. The van der Waals surface area contributed by atoms with Crippen molar-refractivity contribution in [1.82, 2.24) is 0 Å². The Balaban J connectivity index is 3.15. The second-order valence-corrected chi connectivity index (χ2v) is 5.26. The van der Waals surface area contributed by atoms with Crippen molar-refractivity contribution in [2.24, 2.45) is 0 Å². The first kappa shape index (κ1) is 13.4. The maximum absolute atomic E-state index is 12.9. The van der Waals surface area contributed by atoms with Crippen LogP contribution in [0.5, 0.6) is 0 Å². The van der Waals surface area contributed by atoms with E-state index in [1.54, 1.807) is 20.8 Å². The van der Waals surface area contributed by atoms with Crippen LogP contribution in [0.15, 0.2) is 18.2 Å². The van der Waals surface area contributed by atoms with Crippen LogP contribution in [0.3, 0.4) is 0 Å². The van der Waals surface area contributed by atoms with Crippen molar-refractivity contribution < 1.29 is 18.0 Å². The van der Waals surface area contributed by atoms with Crippen molar-refractivity contribution in [1.29, 1.82) is 0 Å². The number of halogens is 1. The minimum absolute atomic E-state index is 0.286. The predicted molar refractivity (Wildman–Crippen MR) is 61.6 cm³/mol. The van der Waals surface area contributed by atoms with Gasteiger partial charge < -0.3 is 9.05 Å². The average Bonchev–Trinajstić information content (AvgIpc) is 2.17. The first-order valence-electron chi connectivity index (χ1n) is 5.19. The van der Waals surface area contributed by atoms with Gasteiger partial charge in [0.05, 0.1) is 18.5 Å². The van der Waals surface area contributed by atoms with Crippen molar-refractivity contribution >= 4 is 12.9 Å². The standard InChI is InChI=1S/C11H16FO3P/c1-4-14-16(13,15-5-2)11-7-6-10(12)8-9(11)3/h6-8H,4-5H2,1-3H3. The molecule has 1 rings (SSSR count). The van der Waals surface area contributed by atoms with E-state index in [0.29, 0.717) is 10.9 Å². The van der Waals surface area contributed by atoms with Gasteiger partial charge in [-0.2, -0.15) is 0 Å². The maximum atomic E-state index is 12.9. The third-order valence-corrected chi connectivity index (χ3v) is 4.34. The van der Waals surface area contributed by atoms with Gasteiger partial charge in [0.15, 0.2) is 0 Å². The van der Waals surface area contributed by atoms with Crippen molar-refractivity contribution in [2.75, 3.05) is 13.2 Å². The molecule has 0 bridgehead atoms. The fourth-order valence-electron chi connectivity index (χ4n) is 1.44. The van der Waals surface area contributed by atoms with Crippen molar-refractivity contribution in [3.63, 3.8) is 0 Å². The zero-order valence-electron chi connectivity index (χ0n) is 9.70. The van der Waals surface area contributed by atoms with Gasteiger partial charge in [0.1, 0.15) is 5.82 Å². The molecule has 5 heteroatoms.